The second-order valence-corrected chi connectivity index (χ2v) is 6.58. The third kappa shape index (κ3) is 3.23. The third-order valence-corrected chi connectivity index (χ3v) is 4.88. The summed E-state index contributed by atoms with van der Waals surface area (Å²) in [6, 6.07) is 11.1. The van der Waals surface area contributed by atoms with E-state index >= 15 is 0 Å². The summed E-state index contributed by atoms with van der Waals surface area (Å²) in [6.07, 6.45) is 2.41. The number of nitrogens with one attached hydrogen (secondary N) is 2. The monoisotopic (exact) mass is 363 g/mol. The number of ether oxygens (including phenoxy) is 1. The number of rotatable bonds is 4. The topological polar surface area (TPSA) is 81.1 Å². The van der Waals surface area contributed by atoms with Gasteiger partial charge in [0.2, 0.25) is 11.8 Å². The second kappa shape index (κ2) is 6.75. The van der Waals surface area contributed by atoms with Gasteiger partial charge in [-0.15, -0.1) is 0 Å². The van der Waals surface area contributed by atoms with Gasteiger partial charge in [0.1, 0.15) is 11.9 Å². The molecule has 1 atom stereocenters. The number of carbonyl (C=O) groups excluding carboxylic acids is 1. The van der Waals surface area contributed by atoms with Crippen LogP contribution in [0.5, 0.6) is 5.88 Å². The molecule has 0 aliphatic carbocycles. The van der Waals surface area contributed by atoms with Crippen LogP contribution in [-0.4, -0.2) is 33.6 Å². The van der Waals surface area contributed by atoms with Crippen molar-refractivity contribution < 1.29 is 9.53 Å². The van der Waals surface area contributed by atoms with Gasteiger partial charge in [-0.05, 0) is 49.7 Å². The Morgan fingerprint density at radius 2 is 2.00 bits per heavy atom. The maximum Gasteiger partial charge on any atom is 0.247 e. The first kappa shape index (κ1) is 17.1. The Labute approximate surface area is 157 Å². The summed E-state index contributed by atoms with van der Waals surface area (Å²) in [6.45, 7) is 4.02. The average Bonchev–Trinajstić information content (AvgIpc) is 3.26. The quantitative estimate of drug-likeness (QED) is 0.745. The first-order chi connectivity index (χ1) is 13.0. The van der Waals surface area contributed by atoms with E-state index in [0.29, 0.717) is 18.1 Å². The smallest absolute Gasteiger partial charge is 0.247 e. The van der Waals surface area contributed by atoms with Gasteiger partial charge < -0.3 is 19.9 Å². The Morgan fingerprint density at radius 3 is 2.67 bits per heavy atom. The highest BCUT2D eigenvalue weighted by Gasteiger charge is 2.28. The first-order valence-electron chi connectivity index (χ1n) is 8.77. The van der Waals surface area contributed by atoms with Gasteiger partial charge in [-0.3, -0.25) is 4.79 Å². The molecule has 7 heteroatoms. The molecule has 1 aromatic carbocycles. The van der Waals surface area contributed by atoms with Gasteiger partial charge in [0.15, 0.2) is 0 Å². The lowest BCUT2D eigenvalue weighted by molar-refractivity contribution is -0.116. The molecule has 1 aliphatic heterocycles. The van der Waals surface area contributed by atoms with Gasteiger partial charge in [0.05, 0.1) is 19.1 Å². The van der Waals surface area contributed by atoms with Crippen LogP contribution in [0.15, 0.2) is 42.7 Å². The second-order valence-electron chi connectivity index (χ2n) is 6.58. The van der Waals surface area contributed by atoms with Crippen molar-refractivity contribution >= 4 is 17.4 Å². The zero-order valence-corrected chi connectivity index (χ0v) is 15.5. The fourth-order valence-corrected chi connectivity index (χ4v) is 3.16. The molecule has 2 N–H and O–H groups in total. The van der Waals surface area contributed by atoms with E-state index in [2.05, 4.69) is 20.6 Å². The summed E-state index contributed by atoms with van der Waals surface area (Å²) in [5, 5.41) is 6.12. The van der Waals surface area contributed by atoms with Crippen molar-refractivity contribution in [1.82, 2.24) is 14.5 Å². The Bertz CT molecular complexity index is 994. The zero-order chi connectivity index (χ0) is 19.0. The van der Waals surface area contributed by atoms with Crippen LogP contribution in [0, 0.1) is 13.8 Å². The zero-order valence-electron chi connectivity index (χ0n) is 15.5. The lowest BCUT2D eigenvalue weighted by Crippen LogP contribution is -2.32. The maximum atomic E-state index is 12.6. The number of nitrogens with zero attached hydrogens (tertiary/aromatic N) is 3. The summed E-state index contributed by atoms with van der Waals surface area (Å²) in [5.41, 5.74) is 4.87. The van der Waals surface area contributed by atoms with Crippen molar-refractivity contribution in [3.05, 3.63) is 59.7 Å². The summed E-state index contributed by atoms with van der Waals surface area (Å²) in [4.78, 5) is 21.3. The number of aryl methyl sites for hydroxylation is 1. The van der Waals surface area contributed by atoms with Crippen LogP contribution in [0.4, 0.5) is 11.5 Å². The van der Waals surface area contributed by atoms with Gasteiger partial charge in [-0.1, -0.05) is 0 Å². The molecular weight excluding hydrogens is 342 g/mol. The minimum Gasteiger partial charge on any atom is -0.481 e. The molecule has 3 aromatic rings. The highest BCUT2D eigenvalue weighted by atomic mass is 16.5. The molecule has 138 valence electrons. The molecule has 0 fully saturated rings. The number of aromatic nitrogens is 3. The Morgan fingerprint density at radius 1 is 1.22 bits per heavy atom. The Kier molecular flexibility index (Phi) is 4.27. The number of amides is 1. The lowest BCUT2D eigenvalue weighted by Gasteiger charge is -2.12. The van der Waals surface area contributed by atoms with Crippen LogP contribution in [0.2, 0.25) is 0 Å². The molecule has 0 bridgehead atoms. The van der Waals surface area contributed by atoms with E-state index in [9.17, 15) is 4.79 Å². The van der Waals surface area contributed by atoms with Crippen LogP contribution in [-0.2, 0) is 11.2 Å². The summed E-state index contributed by atoms with van der Waals surface area (Å²) in [7, 11) is 1.57. The van der Waals surface area contributed by atoms with Crippen LogP contribution >= 0.6 is 0 Å². The van der Waals surface area contributed by atoms with E-state index in [1.165, 1.54) is 0 Å². The first-order valence-corrected chi connectivity index (χ1v) is 8.77. The standard InChI is InChI=1S/C20H21N5O2/c1-12-13(2)25(11-21-12)16-7-5-15(6-8-16)22-20(26)17-10-14-4-9-18(27-3)24-19(14)23-17/h4-9,11,17H,10H2,1-3H3,(H,22,26)(H,23,24). The molecule has 0 radical (unpaired) electrons. The third-order valence-electron chi connectivity index (χ3n) is 4.88. The van der Waals surface area contributed by atoms with Gasteiger partial charge in [0.25, 0.3) is 0 Å². The van der Waals surface area contributed by atoms with Crippen LogP contribution in [0.25, 0.3) is 5.69 Å². The van der Waals surface area contributed by atoms with Crippen molar-refractivity contribution in [3.63, 3.8) is 0 Å². The van der Waals surface area contributed by atoms with Crippen LogP contribution < -0.4 is 15.4 Å². The van der Waals surface area contributed by atoms with E-state index < -0.39 is 0 Å². The van der Waals surface area contributed by atoms with E-state index in [4.69, 9.17) is 4.74 Å². The van der Waals surface area contributed by atoms with Gasteiger partial charge in [-0.2, -0.15) is 4.98 Å². The van der Waals surface area contributed by atoms with E-state index in [1.54, 1.807) is 19.5 Å². The number of anilines is 2. The van der Waals surface area contributed by atoms with Crippen LogP contribution in [0.1, 0.15) is 17.0 Å². The molecule has 2 aromatic heterocycles. The highest BCUT2D eigenvalue weighted by molar-refractivity contribution is 5.97. The fourth-order valence-electron chi connectivity index (χ4n) is 3.16. The van der Waals surface area contributed by atoms with Crippen molar-refractivity contribution in [2.75, 3.05) is 17.7 Å². The van der Waals surface area contributed by atoms with Gasteiger partial charge >= 0.3 is 0 Å². The molecule has 7 nitrogen and oxygen atoms in total. The number of methoxy groups -OCH3 is 1. The average molecular weight is 363 g/mol. The molecule has 0 saturated heterocycles. The molecule has 1 unspecified atom stereocenters. The molecule has 3 heterocycles. The van der Waals surface area contributed by atoms with Crippen molar-refractivity contribution in [2.45, 2.75) is 26.3 Å². The fraction of sp³-hybridized carbons (Fsp3) is 0.250. The van der Waals surface area contributed by atoms with E-state index in [0.717, 1.165) is 28.3 Å². The Balaban J connectivity index is 1.44. The predicted octanol–water partition coefficient (Wildman–Crippen LogP) is 2.87. The number of benzene rings is 1. The lowest BCUT2D eigenvalue weighted by atomic mass is 10.1. The van der Waals surface area contributed by atoms with Crippen molar-refractivity contribution in [1.29, 1.82) is 0 Å². The summed E-state index contributed by atoms with van der Waals surface area (Å²) < 4.78 is 7.15. The number of carbonyl (C=O) groups is 1. The van der Waals surface area contributed by atoms with E-state index in [1.807, 2.05) is 48.7 Å². The number of hydrogen-bond acceptors (Lipinski definition) is 5. The normalized spacial score (nSPS) is 15.1. The summed E-state index contributed by atoms with van der Waals surface area (Å²) in [5.74, 6) is 1.15. The number of imidazole rings is 1. The molecule has 0 saturated carbocycles. The number of fused-ring (bicyclic) bond motifs is 1. The van der Waals surface area contributed by atoms with Gasteiger partial charge in [0, 0.05) is 29.6 Å². The maximum absolute atomic E-state index is 12.6. The molecule has 1 amide bonds. The SMILES string of the molecule is COc1ccc2c(n1)NC(C(=O)Nc1ccc(-n3cnc(C)c3C)cc1)C2. The van der Waals surface area contributed by atoms with E-state index in [-0.39, 0.29) is 11.9 Å². The summed E-state index contributed by atoms with van der Waals surface area (Å²) >= 11 is 0. The molecule has 0 spiro atoms. The van der Waals surface area contributed by atoms with Gasteiger partial charge in [-0.25, -0.2) is 4.98 Å². The molecule has 4 rings (SSSR count). The number of pyridine rings is 1. The predicted molar refractivity (Wildman–Crippen MR) is 104 cm³/mol. The molecular formula is C20H21N5O2. The van der Waals surface area contributed by atoms with Crippen LogP contribution in [0.3, 0.4) is 0 Å². The minimum absolute atomic E-state index is 0.0885. The van der Waals surface area contributed by atoms with Crippen molar-refractivity contribution in [2.24, 2.45) is 0 Å². The largest absolute Gasteiger partial charge is 0.481 e. The highest BCUT2D eigenvalue weighted by Crippen LogP contribution is 2.27. The molecule has 1 aliphatic rings. The number of hydrogen-bond donors (Lipinski definition) is 2. The minimum atomic E-state index is -0.349. The Hall–Kier alpha value is -3.35. The molecule has 27 heavy (non-hydrogen) atoms. The van der Waals surface area contributed by atoms with Crippen molar-refractivity contribution in [3.8, 4) is 11.6 Å².